The number of carbonyl (C=O) groups is 1. The highest BCUT2D eigenvalue weighted by molar-refractivity contribution is 5.81. The molecule has 0 spiro atoms. The van der Waals surface area contributed by atoms with Crippen LogP contribution in [0.15, 0.2) is 82.3 Å². The van der Waals surface area contributed by atoms with Crippen LogP contribution in [0.1, 0.15) is 5.56 Å². The van der Waals surface area contributed by atoms with Crippen molar-refractivity contribution in [2.24, 2.45) is 0 Å². The van der Waals surface area contributed by atoms with Crippen molar-refractivity contribution in [1.82, 2.24) is 24.5 Å². The summed E-state index contributed by atoms with van der Waals surface area (Å²) >= 11 is 0. The van der Waals surface area contributed by atoms with Crippen molar-refractivity contribution >= 4 is 22.6 Å². The van der Waals surface area contributed by atoms with Gasteiger partial charge in [0.25, 0.3) is 5.56 Å². The van der Waals surface area contributed by atoms with Gasteiger partial charge in [-0.25, -0.2) is 9.50 Å². The van der Waals surface area contributed by atoms with Crippen molar-refractivity contribution in [1.29, 1.82) is 0 Å². The Bertz CT molecular complexity index is 1400. The molecule has 1 aromatic carbocycles. The number of hydrogen-bond donors (Lipinski definition) is 1. The number of pyridine rings is 1. The second kappa shape index (κ2) is 7.32. The highest BCUT2D eigenvalue weighted by Gasteiger charge is 2.17. The van der Waals surface area contributed by atoms with Crippen molar-refractivity contribution in [3.05, 3.63) is 89.0 Å². The fourth-order valence-corrected chi connectivity index (χ4v) is 3.40. The molecule has 4 aromatic heterocycles. The van der Waals surface area contributed by atoms with Crippen LogP contribution >= 0.6 is 0 Å². The molecule has 0 atom stereocenters. The number of aromatic nitrogens is 4. The van der Waals surface area contributed by atoms with Crippen LogP contribution in [0.3, 0.4) is 0 Å². The maximum Gasteiger partial charge on any atom is 0.277 e. The Morgan fingerprint density at radius 1 is 1.03 bits per heavy atom. The maximum absolute atomic E-state index is 13.2. The molecule has 0 aliphatic heterocycles. The Kier molecular flexibility index (Phi) is 4.36. The van der Waals surface area contributed by atoms with E-state index in [0.29, 0.717) is 34.7 Å². The van der Waals surface area contributed by atoms with Crippen LogP contribution in [0, 0.1) is 0 Å². The third kappa shape index (κ3) is 3.14. The molecule has 0 saturated carbocycles. The molecular weight excluding hydrogens is 382 g/mol. The van der Waals surface area contributed by atoms with Gasteiger partial charge in [-0.1, -0.05) is 30.3 Å². The lowest BCUT2D eigenvalue weighted by atomic mass is 10.2. The van der Waals surface area contributed by atoms with Crippen LogP contribution < -0.4 is 10.9 Å². The van der Waals surface area contributed by atoms with Gasteiger partial charge in [0.2, 0.25) is 5.91 Å². The molecule has 148 valence electrons. The molecule has 8 nitrogen and oxygen atoms in total. The highest BCUT2D eigenvalue weighted by Crippen LogP contribution is 2.21. The van der Waals surface area contributed by atoms with E-state index in [2.05, 4.69) is 15.4 Å². The van der Waals surface area contributed by atoms with Crippen LogP contribution in [-0.4, -0.2) is 25.1 Å². The van der Waals surface area contributed by atoms with Crippen LogP contribution in [0.25, 0.3) is 28.1 Å². The van der Waals surface area contributed by atoms with E-state index in [1.807, 2.05) is 30.3 Å². The van der Waals surface area contributed by atoms with Crippen molar-refractivity contribution in [3.63, 3.8) is 0 Å². The summed E-state index contributed by atoms with van der Waals surface area (Å²) in [4.78, 5) is 30.2. The molecule has 0 bridgehead atoms. The molecule has 0 radical (unpaired) electrons. The van der Waals surface area contributed by atoms with E-state index in [-0.39, 0.29) is 18.0 Å². The molecule has 5 rings (SSSR count). The summed E-state index contributed by atoms with van der Waals surface area (Å²) < 4.78 is 8.32. The maximum atomic E-state index is 13.2. The average Bonchev–Trinajstić information content (AvgIpc) is 3.46. The Morgan fingerprint density at radius 2 is 1.90 bits per heavy atom. The zero-order valence-corrected chi connectivity index (χ0v) is 15.9. The third-order valence-corrected chi connectivity index (χ3v) is 4.84. The number of nitrogens with zero attached hydrogens (tertiary/aromatic N) is 4. The Balaban J connectivity index is 1.54. The fraction of sp³-hybridized carbons (Fsp3) is 0.0909. The normalized spacial score (nSPS) is 11.2. The van der Waals surface area contributed by atoms with Crippen molar-refractivity contribution in [2.75, 3.05) is 0 Å². The lowest BCUT2D eigenvalue weighted by Gasteiger charge is -2.11. The molecule has 30 heavy (non-hydrogen) atoms. The molecular formula is C22H17N5O3. The van der Waals surface area contributed by atoms with E-state index in [1.165, 1.54) is 9.08 Å². The first-order valence-electron chi connectivity index (χ1n) is 9.42. The topological polar surface area (TPSA) is 94.4 Å². The fourth-order valence-electron chi connectivity index (χ4n) is 3.40. The number of rotatable bonds is 5. The molecule has 1 N–H and O–H groups in total. The second-order valence-electron chi connectivity index (χ2n) is 6.80. The van der Waals surface area contributed by atoms with E-state index in [4.69, 9.17) is 4.42 Å². The van der Waals surface area contributed by atoms with Gasteiger partial charge in [-0.2, -0.15) is 5.10 Å². The number of amides is 1. The summed E-state index contributed by atoms with van der Waals surface area (Å²) in [5.41, 5.74) is 2.52. The monoisotopic (exact) mass is 399 g/mol. The third-order valence-electron chi connectivity index (χ3n) is 4.84. The number of fused-ring (bicyclic) bond motifs is 3. The number of carbonyl (C=O) groups excluding carboxylic acids is 1. The average molecular weight is 399 g/mol. The zero-order valence-electron chi connectivity index (χ0n) is 15.9. The van der Waals surface area contributed by atoms with Crippen LogP contribution in [0.4, 0.5) is 0 Å². The molecule has 0 aliphatic carbocycles. The van der Waals surface area contributed by atoms with Gasteiger partial charge in [0.15, 0.2) is 11.4 Å². The summed E-state index contributed by atoms with van der Waals surface area (Å²) in [6.07, 6.45) is 3.17. The molecule has 8 heteroatoms. The van der Waals surface area contributed by atoms with E-state index >= 15 is 0 Å². The van der Waals surface area contributed by atoms with E-state index < -0.39 is 0 Å². The Morgan fingerprint density at radius 3 is 2.70 bits per heavy atom. The van der Waals surface area contributed by atoms with Gasteiger partial charge in [0.1, 0.15) is 17.8 Å². The minimum absolute atomic E-state index is 0.119. The smallest absolute Gasteiger partial charge is 0.277 e. The van der Waals surface area contributed by atoms with Gasteiger partial charge < -0.3 is 9.73 Å². The standard InChI is InChI=1S/C22H17N5O3/c28-20(24-13-15-6-2-1-3-7-15)14-26-17-8-4-10-23-21(17)27-18(22(26)29)12-16(25-27)19-9-5-11-30-19/h1-12H,13-14H2,(H,24,28). The molecule has 0 saturated heterocycles. The molecule has 0 unspecified atom stereocenters. The zero-order chi connectivity index (χ0) is 20.5. The van der Waals surface area contributed by atoms with E-state index in [1.54, 1.807) is 42.8 Å². The lowest BCUT2D eigenvalue weighted by Crippen LogP contribution is -2.33. The number of furan rings is 1. The molecule has 0 aliphatic rings. The minimum atomic E-state index is -0.323. The minimum Gasteiger partial charge on any atom is -0.463 e. The molecule has 1 amide bonds. The molecule has 4 heterocycles. The summed E-state index contributed by atoms with van der Waals surface area (Å²) in [6, 6.07) is 18.3. The van der Waals surface area contributed by atoms with Gasteiger partial charge in [-0.3, -0.25) is 14.2 Å². The van der Waals surface area contributed by atoms with Gasteiger partial charge in [0.05, 0.1) is 11.8 Å². The second-order valence-corrected chi connectivity index (χ2v) is 6.80. The Labute approximate surface area is 170 Å². The summed E-state index contributed by atoms with van der Waals surface area (Å²) in [6.45, 7) is 0.272. The summed E-state index contributed by atoms with van der Waals surface area (Å²) in [5, 5.41) is 7.35. The van der Waals surface area contributed by atoms with Crippen molar-refractivity contribution in [3.8, 4) is 11.5 Å². The van der Waals surface area contributed by atoms with Crippen molar-refractivity contribution < 1.29 is 9.21 Å². The highest BCUT2D eigenvalue weighted by atomic mass is 16.3. The first-order valence-corrected chi connectivity index (χ1v) is 9.42. The molecule has 5 aromatic rings. The van der Waals surface area contributed by atoms with Crippen molar-refractivity contribution in [2.45, 2.75) is 13.1 Å². The SMILES string of the molecule is O=C(Cn1c(=O)c2cc(-c3ccco3)nn2c2ncccc21)NCc1ccccc1. The van der Waals surface area contributed by atoms with Crippen LogP contribution in [-0.2, 0) is 17.9 Å². The van der Waals surface area contributed by atoms with Crippen LogP contribution in [0.2, 0.25) is 0 Å². The number of benzene rings is 1. The number of hydrogen-bond acceptors (Lipinski definition) is 5. The number of nitrogens with one attached hydrogen (secondary N) is 1. The first-order chi connectivity index (χ1) is 14.7. The van der Waals surface area contributed by atoms with Gasteiger partial charge >= 0.3 is 0 Å². The lowest BCUT2D eigenvalue weighted by molar-refractivity contribution is -0.121. The quantitative estimate of drug-likeness (QED) is 0.490. The predicted molar refractivity (Wildman–Crippen MR) is 111 cm³/mol. The van der Waals surface area contributed by atoms with Gasteiger partial charge in [-0.05, 0) is 29.8 Å². The predicted octanol–water partition coefficient (Wildman–Crippen LogP) is 2.62. The Hall–Kier alpha value is -4.20. The summed E-state index contributed by atoms with van der Waals surface area (Å²) in [7, 11) is 0. The van der Waals surface area contributed by atoms with E-state index in [0.717, 1.165) is 5.56 Å². The van der Waals surface area contributed by atoms with Gasteiger partial charge in [-0.15, -0.1) is 0 Å². The summed E-state index contributed by atoms with van der Waals surface area (Å²) in [5.74, 6) is 0.288. The molecule has 0 fully saturated rings. The van der Waals surface area contributed by atoms with Gasteiger partial charge in [0, 0.05) is 18.8 Å². The largest absolute Gasteiger partial charge is 0.463 e. The van der Waals surface area contributed by atoms with E-state index in [9.17, 15) is 9.59 Å². The first kappa shape index (κ1) is 17.9. The van der Waals surface area contributed by atoms with Crippen LogP contribution in [0.5, 0.6) is 0 Å².